The van der Waals surface area contributed by atoms with Crippen LogP contribution in [0.2, 0.25) is 0 Å². The first-order valence-corrected chi connectivity index (χ1v) is 7.25. The Morgan fingerprint density at radius 1 is 1.21 bits per heavy atom. The van der Waals surface area contributed by atoms with Gasteiger partial charge in [-0.1, -0.05) is 17.2 Å². The van der Waals surface area contributed by atoms with Crippen LogP contribution in [0.25, 0.3) is 0 Å². The summed E-state index contributed by atoms with van der Waals surface area (Å²) in [4.78, 5) is 14.7. The molecule has 0 atom stereocenters. The van der Waals surface area contributed by atoms with Crippen LogP contribution in [0.1, 0.15) is 54.6 Å². The molecule has 1 aliphatic heterocycles. The molecular weight excluding hydrogens is 234 g/mol. The fraction of sp³-hybridized carbons (Fsp3) is 0.588. The number of benzene rings is 1. The van der Waals surface area contributed by atoms with Crippen molar-refractivity contribution in [2.45, 2.75) is 52.5 Å². The smallest absolute Gasteiger partial charge is 0.164 e. The standard InChI is InChI=1S/C17H25NO/c1-13-10-14(2)12-15(11-13)16(19)6-9-18-8-5-7-17(18,3)4/h10-12H,5-9H2,1-4H3. The number of hydrogen-bond acceptors (Lipinski definition) is 2. The predicted octanol–water partition coefficient (Wildman–Crippen LogP) is 3.75. The Bertz CT molecular complexity index is 456. The topological polar surface area (TPSA) is 20.3 Å². The summed E-state index contributed by atoms with van der Waals surface area (Å²) in [6, 6.07) is 6.12. The number of rotatable bonds is 4. The van der Waals surface area contributed by atoms with Crippen molar-refractivity contribution in [2.24, 2.45) is 0 Å². The molecule has 0 N–H and O–H groups in total. The van der Waals surface area contributed by atoms with E-state index in [2.05, 4.69) is 24.8 Å². The Morgan fingerprint density at radius 3 is 2.37 bits per heavy atom. The van der Waals surface area contributed by atoms with Crippen molar-refractivity contribution in [2.75, 3.05) is 13.1 Å². The summed E-state index contributed by atoms with van der Waals surface area (Å²) in [6.45, 7) is 10.7. The van der Waals surface area contributed by atoms with Gasteiger partial charge in [-0.15, -0.1) is 0 Å². The summed E-state index contributed by atoms with van der Waals surface area (Å²) in [7, 11) is 0. The summed E-state index contributed by atoms with van der Waals surface area (Å²) >= 11 is 0. The molecule has 0 spiro atoms. The van der Waals surface area contributed by atoms with E-state index in [-0.39, 0.29) is 11.3 Å². The maximum atomic E-state index is 12.3. The zero-order chi connectivity index (χ0) is 14.0. The van der Waals surface area contributed by atoms with Gasteiger partial charge in [0.1, 0.15) is 0 Å². The first-order valence-electron chi connectivity index (χ1n) is 7.25. The molecule has 2 rings (SSSR count). The molecule has 0 amide bonds. The second-order valence-corrected chi connectivity index (χ2v) is 6.45. The van der Waals surface area contributed by atoms with Crippen molar-refractivity contribution in [3.8, 4) is 0 Å². The van der Waals surface area contributed by atoms with Crippen molar-refractivity contribution in [3.05, 3.63) is 34.9 Å². The van der Waals surface area contributed by atoms with Crippen LogP contribution in [0.3, 0.4) is 0 Å². The Morgan fingerprint density at radius 2 is 1.84 bits per heavy atom. The van der Waals surface area contributed by atoms with Crippen molar-refractivity contribution in [3.63, 3.8) is 0 Å². The van der Waals surface area contributed by atoms with E-state index >= 15 is 0 Å². The average molecular weight is 259 g/mol. The van der Waals surface area contributed by atoms with Gasteiger partial charge >= 0.3 is 0 Å². The summed E-state index contributed by atoms with van der Waals surface area (Å²) in [5.74, 6) is 0.273. The van der Waals surface area contributed by atoms with Gasteiger partial charge in [-0.25, -0.2) is 0 Å². The molecule has 0 saturated carbocycles. The fourth-order valence-electron chi connectivity index (χ4n) is 3.09. The maximum Gasteiger partial charge on any atom is 0.164 e. The third-order valence-electron chi connectivity index (χ3n) is 4.23. The average Bonchev–Trinajstić information content (AvgIpc) is 2.64. The van der Waals surface area contributed by atoms with Crippen LogP contribution >= 0.6 is 0 Å². The highest BCUT2D eigenvalue weighted by atomic mass is 16.1. The van der Waals surface area contributed by atoms with Crippen LogP contribution < -0.4 is 0 Å². The molecular formula is C17H25NO. The highest BCUT2D eigenvalue weighted by Crippen LogP contribution is 2.28. The lowest BCUT2D eigenvalue weighted by Crippen LogP contribution is -2.39. The van der Waals surface area contributed by atoms with E-state index in [1.54, 1.807) is 0 Å². The van der Waals surface area contributed by atoms with E-state index in [9.17, 15) is 4.79 Å². The maximum absolute atomic E-state index is 12.3. The van der Waals surface area contributed by atoms with Gasteiger partial charge in [-0.2, -0.15) is 0 Å². The lowest BCUT2D eigenvalue weighted by atomic mass is 10.00. The molecule has 1 aromatic rings. The van der Waals surface area contributed by atoms with E-state index in [1.807, 2.05) is 26.0 Å². The van der Waals surface area contributed by atoms with E-state index in [4.69, 9.17) is 0 Å². The highest BCUT2D eigenvalue weighted by molar-refractivity contribution is 5.96. The Balaban J connectivity index is 1.98. The quantitative estimate of drug-likeness (QED) is 0.768. The number of aryl methyl sites for hydroxylation is 2. The molecule has 2 heteroatoms. The van der Waals surface area contributed by atoms with E-state index < -0.39 is 0 Å². The third-order valence-corrected chi connectivity index (χ3v) is 4.23. The Kier molecular flexibility index (Phi) is 4.10. The molecule has 1 fully saturated rings. The molecule has 1 aliphatic rings. The van der Waals surface area contributed by atoms with Gasteiger partial charge in [0.15, 0.2) is 5.78 Å². The van der Waals surface area contributed by atoms with Crippen LogP contribution in [0, 0.1) is 13.8 Å². The number of ketones is 1. The van der Waals surface area contributed by atoms with Gasteiger partial charge in [-0.3, -0.25) is 9.69 Å². The van der Waals surface area contributed by atoms with Gasteiger partial charge in [0.25, 0.3) is 0 Å². The highest BCUT2D eigenvalue weighted by Gasteiger charge is 2.31. The summed E-state index contributed by atoms with van der Waals surface area (Å²) in [5.41, 5.74) is 3.48. The van der Waals surface area contributed by atoms with Crippen LogP contribution in [0.5, 0.6) is 0 Å². The van der Waals surface area contributed by atoms with Crippen LogP contribution in [0.15, 0.2) is 18.2 Å². The number of carbonyl (C=O) groups excluding carboxylic acids is 1. The number of Topliss-reactive ketones (excluding diaryl/α,β-unsaturated/α-hetero) is 1. The molecule has 0 radical (unpaired) electrons. The van der Waals surface area contributed by atoms with Crippen LogP contribution in [-0.4, -0.2) is 29.3 Å². The molecule has 104 valence electrons. The predicted molar refractivity (Wildman–Crippen MR) is 79.7 cm³/mol. The number of likely N-dealkylation sites (tertiary alicyclic amines) is 1. The minimum absolute atomic E-state index is 0.267. The first kappa shape index (κ1) is 14.3. The molecule has 19 heavy (non-hydrogen) atoms. The second-order valence-electron chi connectivity index (χ2n) is 6.45. The van der Waals surface area contributed by atoms with E-state index in [1.165, 1.54) is 24.0 Å². The molecule has 1 aromatic carbocycles. The number of hydrogen-bond donors (Lipinski definition) is 0. The lowest BCUT2D eigenvalue weighted by Gasteiger charge is -2.31. The molecule has 0 aromatic heterocycles. The number of nitrogens with zero attached hydrogens (tertiary/aromatic N) is 1. The lowest BCUT2D eigenvalue weighted by molar-refractivity contribution is 0.0942. The SMILES string of the molecule is Cc1cc(C)cc(C(=O)CCN2CCCC2(C)C)c1. The monoisotopic (exact) mass is 259 g/mol. The third kappa shape index (κ3) is 3.44. The molecule has 0 aliphatic carbocycles. The van der Waals surface area contributed by atoms with Gasteiger partial charge in [0, 0.05) is 24.1 Å². The van der Waals surface area contributed by atoms with Gasteiger partial charge in [0.2, 0.25) is 0 Å². The Labute approximate surface area is 116 Å². The Hall–Kier alpha value is -1.15. The van der Waals surface area contributed by atoms with Crippen molar-refractivity contribution in [1.29, 1.82) is 0 Å². The fourth-order valence-corrected chi connectivity index (χ4v) is 3.09. The molecule has 0 bridgehead atoms. The minimum atomic E-state index is 0.267. The van der Waals surface area contributed by atoms with Gasteiger partial charge in [0.05, 0.1) is 0 Å². The van der Waals surface area contributed by atoms with E-state index in [0.29, 0.717) is 6.42 Å². The molecule has 0 unspecified atom stereocenters. The summed E-state index contributed by atoms with van der Waals surface area (Å²) in [6.07, 6.45) is 3.13. The van der Waals surface area contributed by atoms with E-state index in [0.717, 1.165) is 18.7 Å². The normalized spacial score (nSPS) is 18.7. The first-order chi connectivity index (χ1) is 8.88. The second kappa shape index (κ2) is 5.46. The molecule has 1 saturated heterocycles. The van der Waals surface area contributed by atoms with Crippen molar-refractivity contribution < 1.29 is 4.79 Å². The number of carbonyl (C=O) groups is 1. The van der Waals surface area contributed by atoms with Gasteiger partial charge < -0.3 is 0 Å². The zero-order valence-corrected chi connectivity index (χ0v) is 12.6. The van der Waals surface area contributed by atoms with Crippen molar-refractivity contribution in [1.82, 2.24) is 4.90 Å². The molecule has 1 heterocycles. The summed E-state index contributed by atoms with van der Waals surface area (Å²) < 4.78 is 0. The molecule has 2 nitrogen and oxygen atoms in total. The zero-order valence-electron chi connectivity index (χ0n) is 12.6. The van der Waals surface area contributed by atoms with Gasteiger partial charge in [-0.05, 0) is 59.2 Å². The van der Waals surface area contributed by atoms with Crippen LogP contribution in [-0.2, 0) is 0 Å². The summed E-state index contributed by atoms with van der Waals surface area (Å²) in [5, 5.41) is 0. The van der Waals surface area contributed by atoms with Crippen molar-refractivity contribution >= 4 is 5.78 Å². The minimum Gasteiger partial charge on any atom is -0.298 e. The largest absolute Gasteiger partial charge is 0.298 e. The van der Waals surface area contributed by atoms with Crippen LogP contribution in [0.4, 0.5) is 0 Å².